The summed E-state index contributed by atoms with van der Waals surface area (Å²) < 4.78 is 27.0. The standard InChI is InChI=1S/C27H21Cl2F2N3O/c28-23-13-12-21(15-24(23)29)32-27(35)34-26(17-6-10-20(31)11-7-17)22-3-1-2-18(25(22)33-34)14-16-4-8-19(30)9-5-16/h4-15,22,26H,1-3H2,(H,32,35). The van der Waals surface area contributed by atoms with E-state index in [1.165, 1.54) is 29.3 Å². The Morgan fingerprint density at radius 1 is 0.971 bits per heavy atom. The zero-order valence-corrected chi connectivity index (χ0v) is 20.0. The van der Waals surface area contributed by atoms with Crippen molar-refractivity contribution >= 4 is 46.7 Å². The van der Waals surface area contributed by atoms with Gasteiger partial charge >= 0.3 is 6.03 Å². The maximum absolute atomic E-state index is 13.7. The molecule has 178 valence electrons. The number of benzene rings is 3. The van der Waals surface area contributed by atoms with E-state index in [0.29, 0.717) is 15.7 Å². The van der Waals surface area contributed by atoms with E-state index >= 15 is 0 Å². The molecule has 35 heavy (non-hydrogen) atoms. The first-order valence-electron chi connectivity index (χ1n) is 11.2. The molecule has 1 aliphatic carbocycles. The average Bonchev–Trinajstić information content (AvgIpc) is 3.24. The predicted octanol–water partition coefficient (Wildman–Crippen LogP) is 8.10. The van der Waals surface area contributed by atoms with Crippen molar-refractivity contribution in [3.8, 4) is 0 Å². The van der Waals surface area contributed by atoms with E-state index in [1.807, 2.05) is 6.08 Å². The first kappa shape index (κ1) is 23.5. The molecule has 1 aliphatic heterocycles. The molecule has 1 N–H and O–H groups in total. The van der Waals surface area contributed by atoms with Crippen LogP contribution < -0.4 is 5.32 Å². The normalized spacial score (nSPS) is 20.5. The summed E-state index contributed by atoms with van der Waals surface area (Å²) in [6.45, 7) is 0. The summed E-state index contributed by atoms with van der Waals surface area (Å²) in [6.07, 6.45) is 4.53. The molecule has 2 amide bonds. The number of anilines is 1. The summed E-state index contributed by atoms with van der Waals surface area (Å²) in [5.41, 5.74) is 3.97. The van der Waals surface area contributed by atoms with Crippen LogP contribution in [0.25, 0.3) is 6.08 Å². The quantitative estimate of drug-likeness (QED) is 0.379. The first-order chi connectivity index (χ1) is 16.9. The van der Waals surface area contributed by atoms with Gasteiger partial charge in [-0.25, -0.2) is 18.6 Å². The van der Waals surface area contributed by atoms with Crippen molar-refractivity contribution in [2.24, 2.45) is 11.0 Å². The predicted molar refractivity (Wildman–Crippen MR) is 136 cm³/mol. The summed E-state index contributed by atoms with van der Waals surface area (Å²) >= 11 is 12.1. The fourth-order valence-electron chi connectivity index (χ4n) is 4.68. The number of carbonyl (C=O) groups is 1. The van der Waals surface area contributed by atoms with Gasteiger partial charge < -0.3 is 5.32 Å². The van der Waals surface area contributed by atoms with Crippen LogP contribution in [0, 0.1) is 17.6 Å². The van der Waals surface area contributed by atoms with Crippen LogP contribution in [-0.2, 0) is 0 Å². The van der Waals surface area contributed by atoms with Crippen LogP contribution in [-0.4, -0.2) is 16.8 Å². The number of amides is 2. The number of urea groups is 1. The van der Waals surface area contributed by atoms with Crippen LogP contribution >= 0.6 is 23.2 Å². The number of fused-ring (bicyclic) bond motifs is 1. The number of allylic oxidation sites excluding steroid dienone is 1. The summed E-state index contributed by atoms with van der Waals surface area (Å²) in [4.78, 5) is 13.4. The maximum atomic E-state index is 13.7. The van der Waals surface area contributed by atoms with Gasteiger partial charge in [0.25, 0.3) is 0 Å². The van der Waals surface area contributed by atoms with Gasteiger partial charge in [-0.3, -0.25) is 0 Å². The van der Waals surface area contributed by atoms with E-state index in [9.17, 15) is 13.6 Å². The first-order valence-corrected chi connectivity index (χ1v) is 12.0. The second kappa shape index (κ2) is 9.80. The number of nitrogens with one attached hydrogen (secondary N) is 1. The second-order valence-corrected chi connectivity index (χ2v) is 9.42. The average molecular weight is 512 g/mol. The van der Waals surface area contributed by atoms with Crippen molar-refractivity contribution in [1.82, 2.24) is 5.01 Å². The Bertz CT molecular complexity index is 1320. The van der Waals surface area contributed by atoms with E-state index in [1.54, 1.807) is 42.5 Å². The zero-order chi connectivity index (χ0) is 24.5. The minimum atomic E-state index is -0.430. The molecular formula is C27H21Cl2F2N3O. The molecule has 0 bridgehead atoms. The highest BCUT2D eigenvalue weighted by molar-refractivity contribution is 6.42. The lowest BCUT2D eigenvalue weighted by Gasteiger charge is -2.29. The topological polar surface area (TPSA) is 44.7 Å². The van der Waals surface area contributed by atoms with Crippen molar-refractivity contribution < 1.29 is 13.6 Å². The molecule has 0 aromatic heterocycles. The highest BCUT2D eigenvalue weighted by Gasteiger charge is 2.43. The van der Waals surface area contributed by atoms with Gasteiger partial charge in [-0.15, -0.1) is 0 Å². The third kappa shape index (κ3) is 4.95. The van der Waals surface area contributed by atoms with Crippen LogP contribution in [0.15, 0.2) is 77.4 Å². The molecule has 5 rings (SSSR count). The molecule has 1 heterocycles. The van der Waals surface area contributed by atoms with E-state index in [2.05, 4.69) is 5.32 Å². The zero-order valence-electron chi connectivity index (χ0n) is 18.5. The minimum absolute atomic E-state index is 0.0551. The number of halogens is 4. The number of nitrogens with zero attached hydrogens (tertiary/aromatic N) is 2. The number of hydrogen-bond donors (Lipinski definition) is 1. The lowest BCUT2D eigenvalue weighted by molar-refractivity contribution is 0.188. The molecule has 0 spiro atoms. The summed E-state index contributed by atoms with van der Waals surface area (Å²) in [5.74, 6) is -0.700. The van der Waals surface area contributed by atoms with Gasteiger partial charge in [0.15, 0.2) is 0 Å². The van der Waals surface area contributed by atoms with Gasteiger partial charge in [-0.1, -0.05) is 47.5 Å². The van der Waals surface area contributed by atoms with Crippen molar-refractivity contribution in [1.29, 1.82) is 0 Å². The molecule has 1 saturated carbocycles. The third-order valence-corrected chi connectivity index (χ3v) is 7.04. The van der Waals surface area contributed by atoms with Gasteiger partial charge in [0, 0.05) is 11.6 Å². The highest BCUT2D eigenvalue weighted by atomic mass is 35.5. The van der Waals surface area contributed by atoms with Gasteiger partial charge in [-0.2, -0.15) is 5.10 Å². The van der Waals surface area contributed by atoms with Gasteiger partial charge in [0.05, 0.1) is 21.8 Å². The SMILES string of the molecule is O=C(Nc1ccc(Cl)c(Cl)c1)N1N=C2C(=Cc3ccc(F)cc3)CCCC2C1c1ccc(F)cc1. The number of carbonyl (C=O) groups excluding carboxylic acids is 1. The van der Waals surface area contributed by atoms with Crippen molar-refractivity contribution in [3.05, 3.63) is 105 Å². The smallest absolute Gasteiger partial charge is 0.306 e. The molecule has 2 unspecified atom stereocenters. The molecule has 2 aliphatic rings. The van der Waals surface area contributed by atoms with Gasteiger partial charge in [0.1, 0.15) is 11.6 Å². The molecular weight excluding hydrogens is 491 g/mol. The molecule has 0 radical (unpaired) electrons. The fourth-order valence-corrected chi connectivity index (χ4v) is 4.97. The maximum Gasteiger partial charge on any atom is 0.342 e. The minimum Gasteiger partial charge on any atom is -0.306 e. The van der Waals surface area contributed by atoms with Crippen LogP contribution in [0.3, 0.4) is 0 Å². The van der Waals surface area contributed by atoms with Gasteiger partial charge in [0.2, 0.25) is 0 Å². The Morgan fingerprint density at radius 2 is 1.66 bits per heavy atom. The summed E-state index contributed by atoms with van der Waals surface area (Å²) in [6, 6.07) is 16.4. The van der Waals surface area contributed by atoms with Crippen LogP contribution in [0.5, 0.6) is 0 Å². The molecule has 2 atom stereocenters. The third-order valence-electron chi connectivity index (χ3n) is 6.30. The Labute approximate surface area is 211 Å². The van der Waals surface area contributed by atoms with Crippen molar-refractivity contribution in [2.75, 3.05) is 5.32 Å². The van der Waals surface area contributed by atoms with E-state index in [0.717, 1.165) is 41.7 Å². The lowest BCUT2D eigenvalue weighted by Crippen LogP contribution is -2.34. The summed E-state index contributed by atoms with van der Waals surface area (Å²) in [5, 5.41) is 9.75. The second-order valence-electron chi connectivity index (χ2n) is 8.61. The highest BCUT2D eigenvalue weighted by Crippen LogP contribution is 2.44. The Morgan fingerprint density at radius 3 is 2.34 bits per heavy atom. The molecule has 3 aromatic rings. The van der Waals surface area contributed by atoms with Crippen molar-refractivity contribution in [2.45, 2.75) is 25.3 Å². The number of rotatable bonds is 3. The van der Waals surface area contributed by atoms with Crippen LogP contribution in [0.2, 0.25) is 10.0 Å². The van der Waals surface area contributed by atoms with Crippen LogP contribution in [0.4, 0.5) is 19.3 Å². The van der Waals surface area contributed by atoms with Gasteiger partial charge in [-0.05, 0) is 84.5 Å². The number of hydrogen-bond acceptors (Lipinski definition) is 2. The van der Waals surface area contributed by atoms with Crippen LogP contribution in [0.1, 0.15) is 36.4 Å². The molecule has 0 saturated heterocycles. The van der Waals surface area contributed by atoms with E-state index in [4.69, 9.17) is 28.3 Å². The Hall–Kier alpha value is -3.22. The Kier molecular flexibility index (Phi) is 6.58. The Balaban J connectivity index is 1.51. The molecule has 8 heteroatoms. The molecule has 3 aromatic carbocycles. The lowest BCUT2D eigenvalue weighted by atomic mass is 9.77. The fraction of sp³-hybridized carbons (Fsp3) is 0.185. The summed E-state index contributed by atoms with van der Waals surface area (Å²) in [7, 11) is 0. The largest absolute Gasteiger partial charge is 0.342 e. The monoisotopic (exact) mass is 511 g/mol. The van der Waals surface area contributed by atoms with Crippen molar-refractivity contribution in [3.63, 3.8) is 0 Å². The molecule has 1 fully saturated rings. The number of hydrazone groups is 1. The van der Waals surface area contributed by atoms with E-state index in [-0.39, 0.29) is 17.6 Å². The van der Waals surface area contributed by atoms with E-state index < -0.39 is 12.1 Å². The molecule has 4 nitrogen and oxygen atoms in total.